The molecule has 12 heteroatoms. The number of esters is 1. The Labute approximate surface area is 253 Å². The normalized spacial score (nSPS) is 12.0. The summed E-state index contributed by atoms with van der Waals surface area (Å²) >= 11 is 1.12. The summed E-state index contributed by atoms with van der Waals surface area (Å²) in [6, 6.07) is 14.7. The van der Waals surface area contributed by atoms with Gasteiger partial charge in [-0.1, -0.05) is 24.8 Å². The molecule has 43 heavy (non-hydrogen) atoms. The zero-order valence-corrected chi connectivity index (χ0v) is 24.0. The van der Waals surface area contributed by atoms with Crippen LogP contribution in [-0.4, -0.2) is 59.0 Å². The average Bonchev–Trinajstić information content (AvgIpc) is 3.38. The maximum Gasteiger partial charge on any atom is 0.337 e. The van der Waals surface area contributed by atoms with Gasteiger partial charge >= 0.3 is 5.97 Å². The number of aromatic nitrogens is 2. The van der Waals surface area contributed by atoms with Crippen LogP contribution in [0.1, 0.15) is 58.9 Å². The predicted octanol–water partition coefficient (Wildman–Crippen LogP) is 6.43. The van der Waals surface area contributed by atoms with Crippen LogP contribution < -0.4 is 19.5 Å². The Hall–Kier alpha value is -4.97. The van der Waals surface area contributed by atoms with Gasteiger partial charge in [0, 0.05) is 24.7 Å². The third-order valence-corrected chi connectivity index (χ3v) is 6.82. The molecule has 2 amide bonds. The second kappa shape index (κ2) is 13.8. The van der Waals surface area contributed by atoms with Gasteiger partial charge in [-0.05, 0) is 62.7 Å². The fraction of sp³-hybridized carbons (Fsp3) is 0.258. The summed E-state index contributed by atoms with van der Waals surface area (Å²) < 4.78 is 22.4. The topological polar surface area (TPSA) is 129 Å². The molecule has 1 fully saturated rings. The first-order chi connectivity index (χ1) is 20.3. The smallest absolute Gasteiger partial charge is 0.337 e. The molecular weight excluding hydrogens is 572 g/mol. The summed E-state index contributed by atoms with van der Waals surface area (Å²) in [4.78, 5) is 47.6. The van der Waals surface area contributed by atoms with E-state index in [-0.39, 0.29) is 25.0 Å². The second-order valence-electron chi connectivity index (χ2n) is 9.55. The first kappa shape index (κ1) is 31.0. The molecule has 4 aromatic rings. The summed E-state index contributed by atoms with van der Waals surface area (Å²) in [7, 11) is 1.31. The summed E-state index contributed by atoms with van der Waals surface area (Å²) in [5.74, 6) is 0.610. The van der Waals surface area contributed by atoms with Gasteiger partial charge in [0.1, 0.15) is 28.7 Å². The molecule has 0 unspecified atom stereocenters. The number of likely N-dealkylation sites (tertiary alicyclic amines) is 1. The highest BCUT2D eigenvalue weighted by Crippen LogP contribution is 2.32. The number of hydrogen-bond acceptors (Lipinski definition) is 10. The number of carbonyl (C=O) groups excluding carboxylic acids is 3. The van der Waals surface area contributed by atoms with Crippen molar-refractivity contribution in [2.45, 2.75) is 33.8 Å². The van der Waals surface area contributed by atoms with E-state index in [1.807, 2.05) is 13.8 Å². The Morgan fingerprint density at radius 1 is 0.884 bits per heavy atom. The van der Waals surface area contributed by atoms with E-state index < -0.39 is 11.9 Å². The number of rotatable bonds is 10. The Morgan fingerprint density at radius 2 is 1.65 bits per heavy atom. The fourth-order valence-electron chi connectivity index (χ4n) is 3.94. The Bertz CT molecular complexity index is 1600. The number of nitrogens with zero attached hydrogens (tertiary/aromatic N) is 3. The number of ether oxygens (including phenoxy) is 4. The number of hydrogen-bond donors (Lipinski definition) is 1. The van der Waals surface area contributed by atoms with Gasteiger partial charge in [-0.2, -0.15) is 0 Å². The minimum atomic E-state index is -0.477. The van der Waals surface area contributed by atoms with Gasteiger partial charge in [0.05, 0.1) is 31.2 Å². The van der Waals surface area contributed by atoms with Gasteiger partial charge in [-0.25, -0.2) is 14.8 Å². The maximum absolute atomic E-state index is 13.2. The third-order valence-electron chi connectivity index (χ3n) is 6.03. The largest absolute Gasteiger partial charge is 0.491 e. The molecule has 224 valence electrons. The van der Waals surface area contributed by atoms with Crippen molar-refractivity contribution in [3.05, 3.63) is 83.8 Å². The number of nitrogens with one attached hydrogen (secondary N) is 1. The number of amides is 2. The van der Waals surface area contributed by atoms with E-state index in [0.29, 0.717) is 44.5 Å². The molecule has 5 rings (SSSR count). The monoisotopic (exact) mass is 604 g/mol. The van der Waals surface area contributed by atoms with Crippen LogP contribution in [0.2, 0.25) is 0 Å². The molecule has 1 N–H and O–H groups in total. The molecular formula is C31H32N4O7S. The highest BCUT2D eigenvalue weighted by atomic mass is 32.1. The van der Waals surface area contributed by atoms with Crippen LogP contribution in [0.5, 0.6) is 28.1 Å². The van der Waals surface area contributed by atoms with Crippen molar-refractivity contribution >= 4 is 34.3 Å². The quantitative estimate of drug-likeness (QED) is 0.204. The molecule has 0 saturated carbocycles. The summed E-state index contributed by atoms with van der Waals surface area (Å²) in [6.45, 7) is 5.24. The minimum absolute atomic E-state index is 0. The number of carbonyl (C=O) groups is 3. The van der Waals surface area contributed by atoms with E-state index in [9.17, 15) is 14.4 Å². The van der Waals surface area contributed by atoms with Crippen molar-refractivity contribution in [1.29, 1.82) is 0 Å². The molecule has 0 atom stereocenters. The summed E-state index contributed by atoms with van der Waals surface area (Å²) in [5.41, 5.74) is 0.979. The lowest BCUT2D eigenvalue weighted by Gasteiger charge is -2.30. The van der Waals surface area contributed by atoms with Crippen LogP contribution in [0.15, 0.2) is 67.0 Å². The van der Waals surface area contributed by atoms with Gasteiger partial charge in [-0.3, -0.25) is 14.9 Å². The average molecular weight is 605 g/mol. The zero-order chi connectivity index (χ0) is 29.6. The van der Waals surface area contributed by atoms with Crippen LogP contribution in [0, 0.1) is 0 Å². The van der Waals surface area contributed by atoms with Crippen molar-refractivity contribution in [1.82, 2.24) is 14.9 Å². The van der Waals surface area contributed by atoms with Gasteiger partial charge in [0.2, 0.25) is 5.06 Å². The molecule has 0 aliphatic carbocycles. The van der Waals surface area contributed by atoms with Gasteiger partial charge in [-0.15, -0.1) is 0 Å². The lowest BCUT2D eigenvalue weighted by Crippen LogP contribution is -2.42. The van der Waals surface area contributed by atoms with Gasteiger partial charge in [0.25, 0.3) is 11.8 Å². The van der Waals surface area contributed by atoms with Crippen LogP contribution >= 0.6 is 11.3 Å². The van der Waals surface area contributed by atoms with Gasteiger partial charge < -0.3 is 23.8 Å². The lowest BCUT2D eigenvalue weighted by molar-refractivity contribution is 0.0599. The van der Waals surface area contributed by atoms with Crippen LogP contribution in [0.25, 0.3) is 0 Å². The zero-order valence-electron chi connectivity index (χ0n) is 23.2. The van der Waals surface area contributed by atoms with E-state index >= 15 is 0 Å². The molecule has 0 radical (unpaired) electrons. The van der Waals surface area contributed by atoms with Crippen molar-refractivity contribution in [3.8, 4) is 28.1 Å². The highest BCUT2D eigenvalue weighted by Gasteiger charge is 2.22. The Morgan fingerprint density at radius 3 is 2.33 bits per heavy atom. The lowest BCUT2D eigenvalue weighted by atomic mass is 10.2. The Kier molecular flexibility index (Phi) is 9.94. The first-order valence-electron chi connectivity index (χ1n) is 13.2. The fourth-order valence-corrected chi connectivity index (χ4v) is 4.62. The maximum atomic E-state index is 13.2. The number of thiazole rings is 1. The number of benzene rings is 2. The minimum Gasteiger partial charge on any atom is -0.491 e. The molecule has 1 saturated heterocycles. The van der Waals surface area contributed by atoms with E-state index in [1.54, 1.807) is 59.5 Å². The molecule has 2 aromatic carbocycles. The number of methoxy groups -OCH3 is 1. The van der Waals surface area contributed by atoms with Crippen molar-refractivity contribution < 1.29 is 33.3 Å². The second-order valence-corrected chi connectivity index (χ2v) is 10.5. The third kappa shape index (κ3) is 7.86. The molecule has 11 nitrogen and oxygen atoms in total. The first-order valence-corrected chi connectivity index (χ1v) is 14.0. The van der Waals surface area contributed by atoms with Crippen LogP contribution in [0.3, 0.4) is 0 Å². The highest BCUT2D eigenvalue weighted by molar-refractivity contribution is 7.17. The summed E-state index contributed by atoms with van der Waals surface area (Å²) in [6.07, 6.45) is 3.81. The standard InChI is InChI=1S/C30H28N4O7S.CH4/c1-18(2)39-23-13-20(14-24(15-23)40-22-8-9-25(31-16-22)28(36)34-10-5-11-34)27(35)33-30-32-17-26(42-30)41-21-7-4-6-19(12-21)29(37)38-3;/h4,6-9,12-18H,5,10-11H2,1-3H3,(H,32,33,35);1H4. The van der Waals surface area contributed by atoms with Crippen LogP contribution in [0.4, 0.5) is 5.13 Å². The molecule has 3 heterocycles. The van der Waals surface area contributed by atoms with E-state index in [2.05, 4.69) is 15.3 Å². The van der Waals surface area contributed by atoms with Crippen molar-refractivity contribution in [3.63, 3.8) is 0 Å². The molecule has 1 aliphatic rings. The number of anilines is 1. The van der Waals surface area contributed by atoms with E-state index in [0.717, 1.165) is 30.8 Å². The molecule has 0 bridgehead atoms. The van der Waals surface area contributed by atoms with Gasteiger partial charge in [0.15, 0.2) is 5.13 Å². The van der Waals surface area contributed by atoms with Crippen molar-refractivity contribution in [2.75, 3.05) is 25.5 Å². The number of pyridine rings is 1. The molecule has 2 aromatic heterocycles. The SMILES string of the molecule is C.COC(=O)c1cccc(Oc2cnc(NC(=O)c3cc(Oc4ccc(C(=O)N5CCC5)nc4)cc(OC(C)C)c3)s2)c1. The predicted molar refractivity (Wildman–Crippen MR) is 162 cm³/mol. The summed E-state index contributed by atoms with van der Waals surface area (Å²) in [5, 5.41) is 3.49. The molecule has 1 aliphatic heterocycles. The van der Waals surface area contributed by atoms with E-state index in [4.69, 9.17) is 18.9 Å². The Balaban J connectivity index is 0.00000423. The van der Waals surface area contributed by atoms with Crippen molar-refractivity contribution in [2.24, 2.45) is 0 Å². The van der Waals surface area contributed by atoms with E-state index in [1.165, 1.54) is 19.5 Å². The molecule has 0 spiro atoms. The van der Waals surface area contributed by atoms with Crippen LogP contribution in [-0.2, 0) is 4.74 Å².